The standard InChI is InChI=1S/C19H22N2O/c22-19(21-10-9-17-7-8-18(13-21)20-17)12-14-5-6-15-3-1-2-4-16(15)11-14/h1-6,11,17-18,20H,7-10,12-13H2. The number of nitrogens with zero attached hydrogens (tertiary/aromatic N) is 1. The van der Waals surface area contributed by atoms with Gasteiger partial charge in [-0.15, -0.1) is 0 Å². The van der Waals surface area contributed by atoms with Crippen LogP contribution in [-0.2, 0) is 11.2 Å². The number of carbonyl (C=O) groups excluding carboxylic acids is 1. The van der Waals surface area contributed by atoms with E-state index in [0.717, 1.165) is 25.1 Å². The molecule has 2 fully saturated rings. The van der Waals surface area contributed by atoms with Crippen LogP contribution in [0.5, 0.6) is 0 Å². The number of likely N-dealkylation sites (tertiary alicyclic amines) is 1. The van der Waals surface area contributed by atoms with Crippen molar-refractivity contribution in [1.29, 1.82) is 0 Å². The van der Waals surface area contributed by atoms with Gasteiger partial charge in [0.05, 0.1) is 6.42 Å². The molecule has 0 aromatic heterocycles. The summed E-state index contributed by atoms with van der Waals surface area (Å²) in [7, 11) is 0. The molecule has 0 saturated carbocycles. The zero-order valence-electron chi connectivity index (χ0n) is 12.8. The summed E-state index contributed by atoms with van der Waals surface area (Å²) >= 11 is 0. The van der Waals surface area contributed by atoms with Crippen LogP contribution in [-0.4, -0.2) is 36.0 Å². The fraction of sp³-hybridized carbons (Fsp3) is 0.421. The maximum Gasteiger partial charge on any atom is 0.227 e. The van der Waals surface area contributed by atoms with Gasteiger partial charge in [-0.1, -0.05) is 42.5 Å². The number of rotatable bonds is 2. The monoisotopic (exact) mass is 294 g/mol. The lowest BCUT2D eigenvalue weighted by atomic mass is 10.0. The summed E-state index contributed by atoms with van der Waals surface area (Å²) in [5, 5.41) is 6.08. The maximum atomic E-state index is 12.6. The van der Waals surface area contributed by atoms with Crippen LogP contribution in [0.25, 0.3) is 10.8 Å². The minimum Gasteiger partial charge on any atom is -0.341 e. The second-order valence-corrected chi connectivity index (χ2v) is 6.62. The van der Waals surface area contributed by atoms with Crippen molar-refractivity contribution in [2.75, 3.05) is 13.1 Å². The van der Waals surface area contributed by atoms with E-state index in [1.165, 1.54) is 23.6 Å². The smallest absolute Gasteiger partial charge is 0.227 e. The first-order valence-corrected chi connectivity index (χ1v) is 8.29. The number of fused-ring (bicyclic) bond motifs is 3. The molecule has 0 aliphatic carbocycles. The van der Waals surface area contributed by atoms with E-state index in [1.807, 2.05) is 12.1 Å². The number of amides is 1. The third kappa shape index (κ3) is 2.73. The molecule has 2 aliphatic heterocycles. The Kier molecular flexibility index (Phi) is 3.59. The third-order valence-electron chi connectivity index (χ3n) is 5.05. The van der Waals surface area contributed by atoms with Crippen LogP contribution >= 0.6 is 0 Å². The van der Waals surface area contributed by atoms with E-state index >= 15 is 0 Å². The SMILES string of the molecule is O=C(Cc1ccc2ccccc2c1)N1CCC2CCC(C1)N2. The Morgan fingerprint density at radius 2 is 1.86 bits per heavy atom. The molecule has 3 nitrogen and oxygen atoms in total. The molecule has 2 aromatic rings. The van der Waals surface area contributed by atoms with Crippen LogP contribution in [0.15, 0.2) is 42.5 Å². The van der Waals surface area contributed by atoms with Gasteiger partial charge in [-0.2, -0.15) is 0 Å². The van der Waals surface area contributed by atoms with Gasteiger partial charge in [0, 0.05) is 25.2 Å². The van der Waals surface area contributed by atoms with E-state index in [1.54, 1.807) is 0 Å². The van der Waals surface area contributed by atoms with Gasteiger partial charge in [-0.05, 0) is 35.6 Å². The highest BCUT2D eigenvalue weighted by Crippen LogP contribution is 2.21. The molecule has 2 aromatic carbocycles. The maximum absolute atomic E-state index is 12.6. The Morgan fingerprint density at radius 3 is 2.77 bits per heavy atom. The van der Waals surface area contributed by atoms with E-state index in [9.17, 15) is 4.79 Å². The molecule has 1 N–H and O–H groups in total. The first-order chi connectivity index (χ1) is 10.8. The van der Waals surface area contributed by atoms with Gasteiger partial charge in [-0.25, -0.2) is 0 Å². The van der Waals surface area contributed by atoms with E-state index in [0.29, 0.717) is 18.5 Å². The number of hydrogen-bond donors (Lipinski definition) is 1. The summed E-state index contributed by atoms with van der Waals surface area (Å²) in [5.41, 5.74) is 1.12. The first kappa shape index (κ1) is 13.8. The molecule has 0 radical (unpaired) electrons. The molecule has 4 rings (SSSR count). The molecule has 2 unspecified atom stereocenters. The zero-order valence-corrected chi connectivity index (χ0v) is 12.8. The number of carbonyl (C=O) groups is 1. The molecule has 2 atom stereocenters. The molecule has 2 bridgehead atoms. The third-order valence-corrected chi connectivity index (χ3v) is 5.05. The Balaban J connectivity index is 1.48. The van der Waals surface area contributed by atoms with Crippen LogP contribution in [0, 0.1) is 0 Å². The molecule has 2 heterocycles. The fourth-order valence-electron chi connectivity index (χ4n) is 3.80. The van der Waals surface area contributed by atoms with Crippen molar-refractivity contribution in [1.82, 2.24) is 10.2 Å². The Bertz CT molecular complexity index is 697. The second kappa shape index (κ2) is 5.73. The Hall–Kier alpha value is -1.87. The van der Waals surface area contributed by atoms with Crippen LogP contribution < -0.4 is 5.32 Å². The van der Waals surface area contributed by atoms with Crippen LogP contribution in [0.4, 0.5) is 0 Å². The number of hydrogen-bond acceptors (Lipinski definition) is 2. The van der Waals surface area contributed by atoms with Gasteiger partial charge in [0.15, 0.2) is 0 Å². The summed E-state index contributed by atoms with van der Waals surface area (Å²) in [4.78, 5) is 14.7. The van der Waals surface area contributed by atoms with Gasteiger partial charge < -0.3 is 10.2 Å². The molecule has 3 heteroatoms. The van der Waals surface area contributed by atoms with Crippen LogP contribution in [0.3, 0.4) is 0 Å². The summed E-state index contributed by atoms with van der Waals surface area (Å²) in [6.45, 7) is 1.78. The predicted molar refractivity (Wildman–Crippen MR) is 88.8 cm³/mol. The lowest BCUT2D eigenvalue weighted by Crippen LogP contribution is -2.39. The topological polar surface area (TPSA) is 32.3 Å². The molecular formula is C19H22N2O. The molecule has 2 saturated heterocycles. The predicted octanol–water partition coefficient (Wildman–Crippen LogP) is 2.74. The number of benzene rings is 2. The molecule has 1 amide bonds. The van der Waals surface area contributed by atoms with Crippen LogP contribution in [0.1, 0.15) is 24.8 Å². The second-order valence-electron chi connectivity index (χ2n) is 6.62. The molecular weight excluding hydrogens is 272 g/mol. The van der Waals surface area contributed by atoms with Gasteiger partial charge in [0.25, 0.3) is 0 Å². The normalized spacial score (nSPS) is 24.5. The molecule has 0 spiro atoms. The Labute approximate surface area is 131 Å². The molecule has 2 aliphatic rings. The number of nitrogens with one attached hydrogen (secondary N) is 1. The van der Waals surface area contributed by atoms with Crippen molar-refractivity contribution in [2.45, 2.75) is 37.8 Å². The quantitative estimate of drug-likeness (QED) is 0.923. The summed E-state index contributed by atoms with van der Waals surface area (Å²) in [6, 6.07) is 15.8. The zero-order chi connectivity index (χ0) is 14.9. The fourth-order valence-corrected chi connectivity index (χ4v) is 3.80. The molecule has 22 heavy (non-hydrogen) atoms. The van der Waals surface area contributed by atoms with Crippen molar-refractivity contribution in [3.05, 3.63) is 48.0 Å². The van der Waals surface area contributed by atoms with Gasteiger partial charge in [0.2, 0.25) is 5.91 Å². The largest absolute Gasteiger partial charge is 0.341 e. The van der Waals surface area contributed by atoms with Crippen molar-refractivity contribution in [3.8, 4) is 0 Å². The minimum atomic E-state index is 0.268. The molecule has 114 valence electrons. The van der Waals surface area contributed by atoms with Gasteiger partial charge in [-0.3, -0.25) is 4.79 Å². The van der Waals surface area contributed by atoms with Crippen molar-refractivity contribution >= 4 is 16.7 Å². The van der Waals surface area contributed by atoms with E-state index in [4.69, 9.17) is 0 Å². The lowest BCUT2D eigenvalue weighted by Gasteiger charge is -2.24. The highest BCUT2D eigenvalue weighted by Gasteiger charge is 2.30. The lowest BCUT2D eigenvalue weighted by molar-refractivity contribution is -0.130. The summed E-state index contributed by atoms with van der Waals surface area (Å²) in [5.74, 6) is 0.268. The average molecular weight is 294 g/mol. The van der Waals surface area contributed by atoms with Crippen molar-refractivity contribution in [3.63, 3.8) is 0 Å². The minimum absolute atomic E-state index is 0.268. The van der Waals surface area contributed by atoms with Gasteiger partial charge in [0.1, 0.15) is 0 Å². The van der Waals surface area contributed by atoms with Crippen molar-refractivity contribution < 1.29 is 4.79 Å². The van der Waals surface area contributed by atoms with Crippen molar-refractivity contribution in [2.24, 2.45) is 0 Å². The average Bonchev–Trinajstić information content (AvgIpc) is 2.86. The van der Waals surface area contributed by atoms with E-state index in [-0.39, 0.29) is 5.91 Å². The summed E-state index contributed by atoms with van der Waals surface area (Å²) in [6.07, 6.45) is 4.10. The van der Waals surface area contributed by atoms with E-state index < -0.39 is 0 Å². The van der Waals surface area contributed by atoms with Gasteiger partial charge >= 0.3 is 0 Å². The van der Waals surface area contributed by atoms with Crippen LogP contribution in [0.2, 0.25) is 0 Å². The van der Waals surface area contributed by atoms with E-state index in [2.05, 4.69) is 40.5 Å². The first-order valence-electron chi connectivity index (χ1n) is 8.29. The highest BCUT2D eigenvalue weighted by molar-refractivity contribution is 5.85. The summed E-state index contributed by atoms with van der Waals surface area (Å²) < 4.78 is 0. The highest BCUT2D eigenvalue weighted by atomic mass is 16.2. The Morgan fingerprint density at radius 1 is 1.05 bits per heavy atom.